The van der Waals surface area contributed by atoms with Crippen molar-refractivity contribution in [1.29, 1.82) is 0 Å². The molecule has 0 aromatic heterocycles. The van der Waals surface area contributed by atoms with E-state index in [0.717, 1.165) is 0 Å². The summed E-state index contributed by atoms with van der Waals surface area (Å²) in [5.74, 6) is -0.475. The van der Waals surface area contributed by atoms with Gasteiger partial charge in [-0.15, -0.1) is 5.16 Å². The number of rotatable bonds is 6. The molecule has 88 valence electrons. The molecule has 0 radical (unpaired) electrons. The number of esters is 1. The minimum absolute atomic E-state index is 0.264. The van der Waals surface area contributed by atoms with Gasteiger partial charge in [-0.3, -0.25) is 9.00 Å². The van der Waals surface area contributed by atoms with Crippen LogP contribution in [0.1, 0.15) is 26.7 Å². The first-order valence-corrected chi connectivity index (χ1v) is 6.21. The van der Waals surface area contributed by atoms with E-state index in [2.05, 4.69) is 5.16 Å². The Labute approximate surface area is 92.0 Å². The predicted octanol–water partition coefficient (Wildman–Crippen LogP) is 0.927. The van der Waals surface area contributed by atoms with Crippen LogP contribution < -0.4 is 0 Å². The van der Waals surface area contributed by atoms with Crippen LogP contribution in [0.2, 0.25) is 0 Å². The Balaban J connectivity index is 4.58. The summed E-state index contributed by atoms with van der Waals surface area (Å²) in [4.78, 5) is 11.6. The van der Waals surface area contributed by atoms with Gasteiger partial charge >= 0.3 is 5.97 Å². The largest absolute Gasteiger partial charge is 0.465 e. The summed E-state index contributed by atoms with van der Waals surface area (Å²) in [6.45, 7) is 3.55. The third-order valence-corrected chi connectivity index (χ3v) is 3.81. The topological polar surface area (TPSA) is 76.0 Å². The van der Waals surface area contributed by atoms with Crippen LogP contribution in [0.25, 0.3) is 0 Å². The summed E-state index contributed by atoms with van der Waals surface area (Å²) < 4.78 is 15.3. The first-order chi connectivity index (χ1) is 6.99. The lowest BCUT2D eigenvalue weighted by atomic mass is 10.1. The van der Waals surface area contributed by atoms with E-state index in [9.17, 15) is 9.00 Å². The third-order valence-electron chi connectivity index (χ3n) is 2.17. The summed E-state index contributed by atoms with van der Waals surface area (Å²) in [7, 11) is -1.32. The van der Waals surface area contributed by atoms with Gasteiger partial charge in [-0.1, -0.05) is 0 Å². The van der Waals surface area contributed by atoms with E-state index in [-0.39, 0.29) is 6.61 Å². The fourth-order valence-electron chi connectivity index (χ4n) is 1.04. The molecule has 1 N–H and O–H groups in total. The first kappa shape index (κ1) is 14.1. The predicted molar refractivity (Wildman–Crippen MR) is 58.6 cm³/mol. The number of ether oxygens (including phenoxy) is 1. The second kappa shape index (κ2) is 6.55. The number of hydrogen-bond donors (Lipinski definition) is 1. The summed E-state index contributed by atoms with van der Waals surface area (Å²) in [5.41, 5.74) is 0. The van der Waals surface area contributed by atoms with Gasteiger partial charge in [-0.2, -0.15) is 0 Å². The van der Waals surface area contributed by atoms with Crippen LogP contribution in [-0.4, -0.2) is 39.2 Å². The Morgan fingerprint density at radius 2 is 2.27 bits per heavy atom. The van der Waals surface area contributed by atoms with Crippen molar-refractivity contribution in [3.05, 3.63) is 0 Å². The molecule has 0 fully saturated rings. The molecule has 2 unspecified atom stereocenters. The van der Waals surface area contributed by atoms with E-state index in [1.54, 1.807) is 13.8 Å². The molecule has 0 saturated carbocycles. The standard InChI is InChI=1S/C9H17NO4S/c1-4-14-8(11)9(2,15(3)13)6-5-7-10-12/h7,12H,4-6H2,1-3H3/b10-7+. The highest BCUT2D eigenvalue weighted by molar-refractivity contribution is 7.86. The zero-order valence-corrected chi connectivity index (χ0v) is 10.0. The number of carbonyl (C=O) groups is 1. The van der Waals surface area contributed by atoms with Gasteiger partial charge in [0, 0.05) is 23.3 Å². The van der Waals surface area contributed by atoms with Crippen LogP contribution >= 0.6 is 0 Å². The van der Waals surface area contributed by atoms with Crippen molar-refractivity contribution in [3.8, 4) is 0 Å². The Kier molecular flexibility index (Phi) is 6.15. The average molecular weight is 235 g/mol. The highest BCUT2D eigenvalue weighted by Crippen LogP contribution is 2.21. The van der Waals surface area contributed by atoms with Gasteiger partial charge in [-0.05, 0) is 26.7 Å². The lowest BCUT2D eigenvalue weighted by Crippen LogP contribution is -2.41. The van der Waals surface area contributed by atoms with Crippen LogP contribution in [0.3, 0.4) is 0 Å². The maximum atomic E-state index is 11.6. The molecule has 2 atom stereocenters. The third kappa shape index (κ3) is 3.99. The molecular formula is C9H17NO4S. The number of hydrogen-bond acceptors (Lipinski definition) is 5. The van der Waals surface area contributed by atoms with Gasteiger partial charge < -0.3 is 9.94 Å². The maximum Gasteiger partial charge on any atom is 0.324 e. The van der Waals surface area contributed by atoms with Crippen molar-refractivity contribution in [2.45, 2.75) is 31.4 Å². The van der Waals surface area contributed by atoms with E-state index in [1.807, 2.05) is 0 Å². The smallest absolute Gasteiger partial charge is 0.324 e. The average Bonchev–Trinajstić information content (AvgIpc) is 2.18. The minimum Gasteiger partial charge on any atom is -0.465 e. The fourth-order valence-corrected chi connectivity index (χ4v) is 1.74. The zero-order chi connectivity index (χ0) is 11.9. The Morgan fingerprint density at radius 3 is 2.67 bits per heavy atom. The zero-order valence-electron chi connectivity index (χ0n) is 9.23. The Morgan fingerprint density at radius 1 is 1.67 bits per heavy atom. The molecule has 0 aromatic rings. The molecule has 5 nitrogen and oxygen atoms in total. The van der Waals surface area contributed by atoms with Gasteiger partial charge in [0.2, 0.25) is 0 Å². The molecule has 15 heavy (non-hydrogen) atoms. The monoisotopic (exact) mass is 235 g/mol. The Bertz CT molecular complexity index is 267. The molecule has 0 aromatic carbocycles. The van der Waals surface area contributed by atoms with Gasteiger partial charge in [-0.25, -0.2) is 0 Å². The molecule has 0 spiro atoms. The number of carbonyl (C=O) groups excluding carboxylic acids is 1. The van der Waals surface area contributed by atoms with Gasteiger partial charge in [0.05, 0.1) is 6.61 Å². The molecule has 0 heterocycles. The van der Waals surface area contributed by atoms with Crippen molar-refractivity contribution in [2.75, 3.05) is 12.9 Å². The van der Waals surface area contributed by atoms with Crippen LogP contribution in [0, 0.1) is 0 Å². The van der Waals surface area contributed by atoms with Gasteiger partial charge in [0.1, 0.15) is 4.75 Å². The van der Waals surface area contributed by atoms with E-state index in [0.29, 0.717) is 12.8 Å². The van der Waals surface area contributed by atoms with Crippen LogP contribution in [0.4, 0.5) is 0 Å². The summed E-state index contributed by atoms with van der Waals surface area (Å²) in [6, 6.07) is 0. The molecule has 6 heteroatoms. The lowest BCUT2D eigenvalue weighted by Gasteiger charge is -2.23. The van der Waals surface area contributed by atoms with Crippen LogP contribution in [0.5, 0.6) is 0 Å². The van der Waals surface area contributed by atoms with Crippen molar-refractivity contribution >= 4 is 23.0 Å². The van der Waals surface area contributed by atoms with Crippen molar-refractivity contribution in [2.24, 2.45) is 5.16 Å². The normalized spacial score (nSPS) is 17.3. The fraction of sp³-hybridized carbons (Fsp3) is 0.778. The number of nitrogens with zero attached hydrogens (tertiary/aromatic N) is 1. The SMILES string of the molecule is CCOC(=O)C(C)(CC/C=N/O)S(C)=O. The lowest BCUT2D eigenvalue weighted by molar-refractivity contribution is -0.145. The maximum absolute atomic E-state index is 11.6. The minimum atomic E-state index is -1.32. The second-order valence-corrected chi connectivity index (χ2v) is 5.05. The molecule has 0 aliphatic rings. The molecule has 0 saturated heterocycles. The quantitative estimate of drug-likeness (QED) is 0.321. The molecule has 0 aliphatic carbocycles. The first-order valence-electron chi connectivity index (χ1n) is 4.65. The van der Waals surface area contributed by atoms with Crippen LogP contribution in [-0.2, 0) is 20.3 Å². The summed E-state index contributed by atoms with van der Waals surface area (Å²) >= 11 is 0. The second-order valence-electron chi connectivity index (χ2n) is 3.24. The van der Waals surface area contributed by atoms with Crippen molar-refractivity contribution in [3.63, 3.8) is 0 Å². The van der Waals surface area contributed by atoms with Gasteiger partial charge in [0.15, 0.2) is 0 Å². The molecule has 0 rings (SSSR count). The van der Waals surface area contributed by atoms with Crippen molar-refractivity contribution < 1.29 is 18.9 Å². The van der Waals surface area contributed by atoms with E-state index in [4.69, 9.17) is 9.94 Å². The Hall–Kier alpha value is -0.910. The van der Waals surface area contributed by atoms with E-state index < -0.39 is 21.5 Å². The molecular weight excluding hydrogens is 218 g/mol. The molecule has 0 bridgehead atoms. The van der Waals surface area contributed by atoms with E-state index >= 15 is 0 Å². The summed E-state index contributed by atoms with van der Waals surface area (Å²) in [5, 5.41) is 11.0. The molecule has 0 aliphatic heterocycles. The molecule has 0 amide bonds. The van der Waals surface area contributed by atoms with Gasteiger partial charge in [0.25, 0.3) is 0 Å². The number of oxime groups is 1. The van der Waals surface area contributed by atoms with Crippen LogP contribution in [0.15, 0.2) is 5.16 Å². The van der Waals surface area contributed by atoms with E-state index in [1.165, 1.54) is 12.5 Å². The summed E-state index contributed by atoms with van der Waals surface area (Å²) in [6.07, 6.45) is 3.45. The van der Waals surface area contributed by atoms with Crippen molar-refractivity contribution in [1.82, 2.24) is 0 Å². The highest BCUT2D eigenvalue weighted by atomic mass is 32.2. The highest BCUT2D eigenvalue weighted by Gasteiger charge is 2.38.